The highest BCUT2D eigenvalue weighted by Gasteiger charge is 2.21. The Morgan fingerprint density at radius 3 is 2.18 bits per heavy atom. The lowest BCUT2D eigenvalue weighted by atomic mass is 10.2. The zero-order valence-electron chi connectivity index (χ0n) is 12.7. The largest absolute Gasteiger partial charge is 0.352 e. The summed E-state index contributed by atoms with van der Waals surface area (Å²) in [4.78, 5) is 38.6. The van der Waals surface area contributed by atoms with Gasteiger partial charge in [-0.2, -0.15) is 0 Å². The number of hydrogen-bond donors (Lipinski definition) is 1. The SMILES string of the molecule is CC(=O)N1CCN(C(=O)CCNC(=O)c2ccccc2)CC1. The Kier molecular flexibility index (Phi) is 5.52. The van der Waals surface area contributed by atoms with Crippen molar-refractivity contribution >= 4 is 17.7 Å². The van der Waals surface area contributed by atoms with Gasteiger partial charge in [-0.1, -0.05) is 18.2 Å². The van der Waals surface area contributed by atoms with Crippen molar-refractivity contribution in [2.75, 3.05) is 32.7 Å². The third kappa shape index (κ3) is 4.31. The monoisotopic (exact) mass is 303 g/mol. The van der Waals surface area contributed by atoms with Gasteiger partial charge >= 0.3 is 0 Å². The lowest BCUT2D eigenvalue weighted by Crippen LogP contribution is -2.50. The molecule has 1 fully saturated rings. The maximum Gasteiger partial charge on any atom is 0.251 e. The molecule has 22 heavy (non-hydrogen) atoms. The van der Waals surface area contributed by atoms with E-state index >= 15 is 0 Å². The number of piperazine rings is 1. The van der Waals surface area contributed by atoms with E-state index in [9.17, 15) is 14.4 Å². The number of carbonyl (C=O) groups is 3. The third-order valence-electron chi connectivity index (χ3n) is 3.74. The van der Waals surface area contributed by atoms with Crippen LogP contribution in [-0.2, 0) is 9.59 Å². The predicted octanol–water partition coefficient (Wildman–Crippen LogP) is 0.497. The second-order valence-corrected chi connectivity index (χ2v) is 5.26. The van der Waals surface area contributed by atoms with Gasteiger partial charge in [-0.3, -0.25) is 14.4 Å². The number of hydrogen-bond acceptors (Lipinski definition) is 3. The molecule has 1 saturated heterocycles. The second kappa shape index (κ2) is 7.59. The lowest BCUT2D eigenvalue weighted by Gasteiger charge is -2.34. The van der Waals surface area contributed by atoms with Crippen LogP contribution in [0.5, 0.6) is 0 Å². The first-order valence-electron chi connectivity index (χ1n) is 7.44. The zero-order valence-corrected chi connectivity index (χ0v) is 12.7. The summed E-state index contributed by atoms with van der Waals surface area (Å²) in [5.41, 5.74) is 0.588. The number of carbonyl (C=O) groups excluding carboxylic acids is 3. The van der Waals surface area contributed by atoms with E-state index in [4.69, 9.17) is 0 Å². The summed E-state index contributed by atoms with van der Waals surface area (Å²) < 4.78 is 0. The summed E-state index contributed by atoms with van der Waals surface area (Å²) in [6, 6.07) is 8.92. The number of rotatable bonds is 4. The van der Waals surface area contributed by atoms with Crippen molar-refractivity contribution in [2.45, 2.75) is 13.3 Å². The molecule has 1 N–H and O–H groups in total. The summed E-state index contributed by atoms with van der Waals surface area (Å²) in [7, 11) is 0. The second-order valence-electron chi connectivity index (χ2n) is 5.26. The number of nitrogens with zero attached hydrogens (tertiary/aromatic N) is 2. The Hall–Kier alpha value is -2.37. The van der Waals surface area contributed by atoms with Crippen molar-refractivity contribution in [3.05, 3.63) is 35.9 Å². The minimum Gasteiger partial charge on any atom is -0.352 e. The fraction of sp³-hybridized carbons (Fsp3) is 0.438. The Morgan fingerprint density at radius 2 is 1.59 bits per heavy atom. The quantitative estimate of drug-likeness (QED) is 0.880. The summed E-state index contributed by atoms with van der Waals surface area (Å²) in [5, 5.41) is 2.74. The smallest absolute Gasteiger partial charge is 0.251 e. The van der Waals surface area contributed by atoms with Crippen molar-refractivity contribution < 1.29 is 14.4 Å². The van der Waals surface area contributed by atoms with Gasteiger partial charge < -0.3 is 15.1 Å². The van der Waals surface area contributed by atoms with E-state index in [1.165, 1.54) is 6.92 Å². The molecule has 2 rings (SSSR count). The molecule has 0 aromatic heterocycles. The van der Waals surface area contributed by atoms with E-state index < -0.39 is 0 Å². The molecule has 118 valence electrons. The Balaban J connectivity index is 1.70. The molecular weight excluding hydrogens is 282 g/mol. The first-order chi connectivity index (χ1) is 10.6. The van der Waals surface area contributed by atoms with E-state index in [1.807, 2.05) is 6.07 Å². The molecule has 0 bridgehead atoms. The van der Waals surface area contributed by atoms with Crippen LogP contribution >= 0.6 is 0 Å². The molecule has 1 aromatic rings. The van der Waals surface area contributed by atoms with Crippen molar-refractivity contribution in [2.24, 2.45) is 0 Å². The van der Waals surface area contributed by atoms with Crippen molar-refractivity contribution in [1.29, 1.82) is 0 Å². The van der Waals surface area contributed by atoms with Crippen LogP contribution in [0.4, 0.5) is 0 Å². The third-order valence-corrected chi connectivity index (χ3v) is 3.74. The van der Waals surface area contributed by atoms with E-state index in [-0.39, 0.29) is 24.1 Å². The molecule has 3 amide bonds. The fourth-order valence-corrected chi connectivity index (χ4v) is 2.40. The zero-order chi connectivity index (χ0) is 15.9. The van der Waals surface area contributed by atoms with Gasteiger partial charge in [0.2, 0.25) is 11.8 Å². The van der Waals surface area contributed by atoms with Gasteiger partial charge in [0.1, 0.15) is 0 Å². The van der Waals surface area contributed by atoms with Crippen molar-refractivity contribution in [3.63, 3.8) is 0 Å². The van der Waals surface area contributed by atoms with Gasteiger partial charge in [0.05, 0.1) is 0 Å². The van der Waals surface area contributed by atoms with Gasteiger partial charge in [-0.25, -0.2) is 0 Å². The van der Waals surface area contributed by atoms with Gasteiger partial charge in [-0.05, 0) is 12.1 Å². The molecule has 0 spiro atoms. The average Bonchev–Trinajstić information content (AvgIpc) is 2.55. The standard InChI is InChI=1S/C16H21N3O3/c1-13(20)18-9-11-19(12-10-18)15(21)7-8-17-16(22)14-5-3-2-4-6-14/h2-6H,7-12H2,1H3,(H,17,22). The Bertz CT molecular complexity index is 537. The topological polar surface area (TPSA) is 69.7 Å². The fourth-order valence-electron chi connectivity index (χ4n) is 2.40. The van der Waals surface area contributed by atoms with Gasteiger partial charge in [0, 0.05) is 51.6 Å². The van der Waals surface area contributed by atoms with E-state index in [0.29, 0.717) is 38.3 Å². The molecule has 1 aromatic carbocycles. The molecule has 1 aliphatic rings. The average molecular weight is 303 g/mol. The summed E-state index contributed by atoms with van der Waals surface area (Å²) in [5.74, 6) is -0.117. The molecule has 1 heterocycles. The highest BCUT2D eigenvalue weighted by atomic mass is 16.2. The molecular formula is C16H21N3O3. The summed E-state index contributed by atoms with van der Waals surface area (Å²) >= 11 is 0. The molecule has 1 aliphatic heterocycles. The van der Waals surface area contributed by atoms with Crippen molar-refractivity contribution in [3.8, 4) is 0 Å². The predicted molar refractivity (Wildman–Crippen MR) is 82.2 cm³/mol. The van der Waals surface area contributed by atoms with Gasteiger partial charge in [0.15, 0.2) is 0 Å². The minimum absolute atomic E-state index is 0.0107. The molecule has 6 nitrogen and oxygen atoms in total. The molecule has 0 aliphatic carbocycles. The number of nitrogens with one attached hydrogen (secondary N) is 1. The molecule has 0 atom stereocenters. The molecule has 0 unspecified atom stereocenters. The molecule has 6 heteroatoms. The highest BCUT2D eigenvalue weighted by Crippen LogP contribution is 2.04. The Morgan fingerprint density at radius 1 is 1.00 bits per heavy atom. The summed E-state index contributed by atoms with van der Waals surface area (Å²) in [6.07, 6.45) is 0.276. The van der Waals surface area contributed by atoms with Crippen LogP contribution in [-0.4, -0.2) is 60.2 Å². The molecule has 0 radical (unpaired) electrons. The van der Waals surface area contributed by atoms with Crippen LogP contribution in [0.25, 0.3) is 0 Å². The lowest BCUT2D eigenvalue weighted by molar-refractivity contribution is -0.138. The van der Waals surface area contributed by atoms with Crippen LogP contribution < -0.4 is 5.32 Å². The number of amides is 3. The van der Waals surface area contributed by atoms with Crippen molar-refractivity contribution in [1.82, 2.24) is 15.1 Å². The first-order valence-corrected chi connectivity index (χ1v) is 7.44. The number of benzene rings is 1. The summed E-state index contributed by atoms with van der Waals surface area (Å²) in [6.45, 7) is 4.14. The van der Waals surface area contributed by atoms with E-state index in [1.54, 1.807) is 34.1 Å². The van der Waals surface area contributed by atoms with Gasteiger partial charge in [-0.15, -0.1) is 0 Å². The maximum absolute atomic E-state index is 12.1. The van der Waals surface area contributed by atoms with Crippen LogP contribution in [0, 0.1) is 0 Å². The van der Waals surface area contributed by atoms with Crippen LogP contribution in [0.1, 0.15) is 23.7 Å². The van der Waals surface area contributed by atoms with Gasteiger partial charge in [0.25, 0.3) is 5.91 Å². The van der Waals surface area contributed by atoms with Crippen LogP contribution in [0.15, 0.2) is 30.3 Å². The van der Waals surface area contributed by atoms with E-state index in [0.717, 1.165) is 0 Å². The Labute approximate surface area is 130 Å². The highest BCUT2D eigenvalue weighted by molar-refractivity contribution is 5.94. The normalized spacial score (nSPS) is 14.6. The van der Waals surface area contributed by atoms with Crippen LogP contribution in [0.3, 0.4) is 0 Å². The first kappa shape index (κ1) is 16.0. The minimum atomic E-state index is -0.171. The van der Waals surface area contributed by atoms with Crippen LogP contribution in [0.2, 0.25) is 0 Å². The van der Waals surface area contributed by atoms with E-state index in [2.05, 4.69) is 5.32 Å². The molecule has 0 saturated carbocycles. The maximum atomic E-state index is 12.1.